The van der Waals surface area contributed by atoms with Gasteiger partial charge in [0.1, 0.15) is 36.5 Å². The van der Waals surface area contributed by atoms with Gasteiger partial charge in [-0.15, -0.1) is 11.3 Å². The molecule has 0 bridgehead atoms. The highest BCUT2D eigenvalue weighted by molar-refractivity contribution is 7.22. The van der Waals surface area contributed by atoms with E-state index in [1.807, 2.05) is 0 Å². The van der Waals surface area contributed by atoms with E-state index in [9.17, 15) is 39.0 Å². The largest absolute Gasteiger partial charge is 0.508 e. The van der Waals surface area contributed by atoms with E-state index >= 15 is 0 Å². The maximum absolute atomic E-state index is 13.9. The summed E-state index contributed by atoms with van der Waals surface area (Å²) in [5.74, 6) is 4.51. The zero-order valence-corrected chi connectivity index (χ0v) is 37.1. The third-order valence-electron chi connectivity index (χ3n) is 11.0. The molecule has 5 amide bonds. The van der Waals surface area contributed by atoms with Crippen LogP contribution in [-0.2, 0) is 30.4 Å². The Bertz CT molecular complexity index is 2990. The number of carbonyl (C=O) groups is 6. The zero-order valence-electron chi connectivity index (χ0n) is 36.3. The fourth-order valence-electron chi connectivity index (χ4n) is 7.56. The van der Waals surface area contributed by atoms with Gasteiger partial charge in [-0.25, -0.2) is 5.43 Å². The molecule has 1 aromatic heterocycles. The van der Waals surface area contributed by atoms with Crippen molar-refractivity contribution < 1.29 is 53.2 Å². The first-order valence-corrected chi connectivity index (χ1v) is 22.3. The van der Waals surface area contributed by atoms with Crippen molar-refractivity contribution >= 4 is 63.0 Å². The number of phenols is 2. The number of rotatable bonds is 17. The molecule has 3 heterocycles. The molecule has 6 aromatic rings. The number of aromatic hydroxyl groups is 2. The molecule has 0 saturated carbocycles. The van der Waals surface area contributed by atoms with Gasteiger partial charge in [0.15, 0.2) is 5.78 Å². The zero-order chi connectivity index (χ0) is 47.6. The summed E-state index contributed by atoms with van der Waals surface area (Å²) in [5.41, 5.74) is 6.88. The molecular formula is C51H43N5O11S. The number of nitrogens with zero attached hydrogens (tertiary/aromatic N) is 2. The van der Waals surface area contributed by atoms with Crippen LogP contribution in [0.15, 0.2) is 114 Å². The summed E-state index contributed by atoms with van der Waals surface area (Å²) >= 11 is 1.36. The van der Waals surface area contributed by atoms with Crippen LogP contribution in [0.5, 0.6) is 17.2 Å². The van der Waals surface area contributed by atoms with Gasteiger partial charge in [0, 0.05) is 55.7 Å². The van der Waals surface area contributed by atoms with Gasteiger partial charge in [0.2, 0.25) is 17.7 Å². The molecule has 2 aliphatic heterocycles. The molecule has 1 fully saturated rings. The molecule has 2 aliphatic rings. The number of thiophene rings is 1. The second-order valence-electron chi connectivity index (χ2n) is 15.5. The fraction of sp³-hybridized carbons (Fsp3) is 0.196. The summed E-state index contributed by atoms with van der Waals surface area (Å²) in [4.78, 5) is 78.1. The first-order valence-electron chi connectivity index (χ1n) is 21.5. The van der Waals surface area contributed by atoms with Crippen LogP contribution in [0.25, 0.3) is 20.5 Å². The maximum Gasteiger partial charge on any atom is 0.271 e. The molecule has 17 heteroatoms. The van der Waals surface area contributed by atoms with Gasteiger partial charge in [-0.1, -0.05) is 30.0 Å². The van der Waals surface area contributed by atoms with E-state index in [4.69, 9.17) is 14.2 Å². The average Bonchev–Trinajstić information content (AvgIpc) is 3.89. The number of nitrogens with one attached hydrogen (secondary N) is 3. The van der Waals surface area contributed by atoms with Crippen LogP contribution in [0.1, 0.15) is 66.2 Å². The Hall–Kier alpha value is -8.17. The van der Waals surface area contributed by atoms with Gasteiger partial charge in [-0.2, -0.15) is 5.10 Å². The van der Waals surface area contributed by atoms with Crippen molar-refractivity contribution in [3.05, 3.63) is 148 Å². The van der Waals surface area contributed by atoms with Crippen molar-refractivity contribution in [1.29, 1.82) is 0 Å². The molecule has 5 aromatic carbocycles. The number of hydrazone groups is 1. The molecule has 1 atom stereocenters. The molecule has 0 aliphatic carbocycles. The highest BCUT2D eigenvalue weighted by Crippen LogP contribution is 2.41. The normalized spacial score (nSPS) is 14.3. The third-order valence-corrected chi connectivity index (χ3v) is 12.2. The topological polar surface area (TPSA) is 222 Å². The fourth-order valence-corrected chi connectivity index (χ4v) is 8.80. The van der Waals surface area contributed by atoms with Crippen molar-refractivity contribution in [2.75, 3.05) is 39.6 Å². The minimum Gasteiger partial charge on any atom is -0.508 e. The van der Waals surface area contributed by atoms with Crippen LogP contribution in [0, 0.1) is 11.8 Å². The summed E-state index contributed by atoms with van der Waals surface area (Å²) in [6.07, 6.45) is 1.93. The summed E-state index contributed by atoms with van der Waals surface area (Å²) in [6, 6.07) is 29.2. The summed E-state index contributed by atoms with van der Waals surface area (Å²) in [6.45, 7) is 1.08. The van der Waals surface area contributed by atoms with Crippen LogP contribution in [-0.4, -0.2) is 102 Å². The van der Waals surface area contributed by atoms with E-state index in [1.54, 1.807) is 103 Å². The lowest BCUT2D eigenvalue weighted by atomic mass is 9.97. The van der Waals surface area contributed by atoms with Crippen molar-refractivity contribution in [2.45, 2.75) is 25.4 Å². The molecule has 344 valence electrons. The van der Waals surface area contributed by atoms with Crippen molar-refractivity contribution in [2.24, 2.45) is 5.10 Å². The van der Waals surface area contributed by atoms with E-state index in [2.05, 4.69) is 33.0 Å². The van der Waals surface area contributed by atoms with Crippen molar-refractivity contribution in [3.63, 3.8) is 0 Å². The standard InChI is InChI=1S/C51H43N5O11S/c57-36-14-12-34(13-15-36)48-46(40-19-16-37(58)27-43(40)68-48)47(61)33-8-10-35(11-9-33)49(62)55-53-28-31-6-17-38(18-7-31)67-26-25-65-23-24-66-30-45(60)52-22-2-4-32-3-1-5-39-41(32)29-56(51(39)64)42-20-21-44(59)54-50(42)63/h1,3,5-19,27-28,42,57-58H,20-26,29-30H2,(H,52,60)(H,55,62)(H,54,59,63)/b53-28+. The van der Waals surface area contributed by atoms with E-state index in [-0.39, 0.29) is 94.0 Å². The molecular weight excluding hydrogens is 891 g/mol. The summed E-state index contributed by atoms with van der Waals surface area (Å²) in [7, 11) is 0. The van der Waals surface area contributed by atoms with Gasteiger partial charge in [0.05, 0.1) is 32.6 Å². The molecule has 0 spiro atoms. The quantitative estimate of drug-likeness (QED) is 0.0197. The predicted molar refractivity (Wildman–Crippen MR) is 251 cm³/mol. The monoisotopic (exact) mass is 933 g/mol. The number of fused-ring (bicyclic) bond motifs is 2. The predicted octanol–water partition coefficient (Wildman–Crippen LogP) is 5.32. The Morgan fingerprint density at radius 2 is 1.59 bits per heavy atom. The molecule has 1 unspecified atom stereocenters. The Labute approximate surface area is 393 Å². The van der Waals surface area contributed by atoms with E-state index in [0.29, 0.717) is 55.0 Å². The number of hydrogen-bond donors (Lipinski definition) is 5. The molecule has 5 N–H and O–H groups in total. The van der Waals surface area contributed by atoms with Gasteiger partial charge in [0.25, 0.3) is 11.8 Å². The highest BCUT2D eigenvalue weighted by atomic mass is 32.1. The van der Waals surface area contributed by atoms with Gasteiger partial charge >= 0.3 is 0 Å². The first-order chi connectivity index (χ1) is 33.0. The van der Waals surface area contributed by atoms with E-state index < -0.39 is 17.9 Å². The Morgan fingerprint density at radius 1 is 0.853 bits per heavy atom. The summed E-state index contributed by atoms with van der Waals surface area (Å²) in [5, 5.41) is 29.6. The van der Waals surface area contributed by atoms with Crippen LogP contribution < -0.4 is 20.8 Å². The number of carbonyl (C=O) groups excluding carboxylic acids is 6. The first kappa shape index (κ1) is 46.4. The smallest absolute Gasteiger partial charge is 0.271 e. The second kappa shape index (κ2) is 21.4. The van der Waals surface area contributed by atoms with Gasteiger partial charge in [-0.3, -0.25) is 34.1 Å². The van der Waals surface area contributed by atoms with Crippen molar-refractivity contribution in [1.82, 2.24) is 21.0 Å². The lowest BCUT2D eigenvalue weighted by Gasteiger charge is -2.29. The average molecular weight is 934 g/mol. The molecule has 1 saturated heterocycles. The SMILES string of the molecule is O=C(COCCOCCOc1ccc(/C=N/NC(=O)c2ccc(C(=O)c3c(-c4ccc(O)cc4)sc4cc(O)ccc34)cc2)cc1)NCC#Cc1cccc2c1CN(C1CCC(=O)NC1=O)C2=O. The van der Waals surface area contributed by atoms with Gasteiger partial charge < -0.3 is 34.6 Å². The molecule has 8 rings (SSSR count). The Balaban J connectivity index is 0.705. The van der Waals surface area contributed by atoms with Crippen LogP contribution in [0.4, 0.5) is 0 Å². The Kier molecular flexibility index (Phi) is 14.6. The molecule has 68 heavy (non-hydrogen) atoms. The number of ketones is 1. The maximum atomic E-state index is 13.9. The minimum absolute atomic E-state index is 0.0618. The number of ether oxygens (including phenoxy) is 3. The van der Waals surface area contributed by atoms with Crippen molar-refractivity contribution in [3.8, 4) is 39.5 Å². The highest BCUT2D eigenvalue weighted by Gasteiger charge is 2.39. The molecule has 16 nitrogen and oxygen atoms in total. The number of imide groups is 1. The number of phenolic OH excluding ortho intramolecular Hbond substituents is 2. The van der Waals surface area contributed by atoms with E-state index in [1.165, 1.54) is 28.5 Å². The number of amides is 5. The van der Waals surface area contributed by atoms with E-state index in [0.717, 1.165) is 10.3 Å². The minimum atomic E-state index is -0.716. The summed E-state index contributed by atoms with van der Waals surface area (Å²) < 4.78 is 17.4. The third kappa shape index (κ3) is 11.1. The number of hydrogen-bond acceptors (Lipinski definition) is 13. The number of piperidine rings is 1. The number of benzene rings is 5. The Morgan fingerprint density at radius 3 is 2.37 bits per heavy atom. The second-order valence-corrected chi connectivity index (χ2v) is 16.6. The molecule has 0 radical (unpaired) electrons. The van der Waals surface area contributed by atoms with Crippen LogP contribution in [0.3, 0.4) is 0 Å². The lowest BCUT2D eigenvalue weighted by molar-refractivity contribution is -0.137. The van der Waals surface area contributed by atoms with Crippen LogP contribution >= 0.6 is 11.3 Å². The lowest BCUT2D eigenvalue weighted by Crippen LogP contribution is -2.52. The van der Waals surface area contributed by atoms with Gasteiger partial charge in [-0.05, 0) is 114 Å². The van der Waals surface area contributed by atoms with Crippen LogP contribution in [0.2, 0.25) is 0 Å².